The zero-order valence-corrected chi connectivity index (χ0v) is 11.8. The Morgan fingerprint density at radius 3 is 2.09 bits per heavy atom. The normalized spacial score (nSPS) is 10.4. The second-order valence-corrected chi connectivity index (χ2v) is 4.80. The van der Waals surface area contributed by atoms with Crippen LogP contribution in [0.2, 0.25) is 0 Å². The number of nitrogens with two attached hydrogens (primary N) is 1. The van der Waals surface area contributed by atoms with Gasteiger partial charge in [0.2, 0.25) is 5.95 Å². The molecule has 4 rings (SSSR count). The number of nitrogens with one attached hydrogen (secondary N) is 1. The minimum absolute atomic E-state index is 0.120. The molecule has 0 atom stereocenters. The van der Waals surface area contributed by atoms with Gasteiger partial charge in [-0.1, -0.05) is 54.6 Å². The molecule has 1 heterocycles. The molecular formula is C16H15N5O. The smallest absolute Gasteiger partial charge is 0.292 e. The van der Waals surface area contributed by atoms with E-state index in [-0.39, 0.29) is 11.6 Å². The second-order valence-electron chi connectivity index (χ2n) is 4.80. The molecule has 6 heteroatoms. The van der Waals surface area contributed by atoms with Crippen LogP contribution in [0.1, 0.15) is 5.56 Å². The van der Waals surface area contributed by atoms with Crippen molar-refractivity contribution >= 4 is 5.95 Å². The van der Waals surface area contributed by atoms with Crippen LogP contribution in [0.25, 0.3) is 11.1 Å². The molecule has 0 amide bonds. The van der Waals surface area contributed by atoms with Gasteiger partial charge in [-0.3, -0.25) is 9.99 Å². The third-order valence-electron chi connectivity index (χ3n) is 3.31. The molecule has 1 aromatic heterocycles. The largest absolute Gasteiger partial charge is 0.352 e. The fourth-order valence-corrected chi connectivity index (χ4v) is 1.98. The highest BCUT2D eigenvalue weighted by Crippen LogP contribution is 2.29. The molecule has 0 bridgehead atoms. The van der Waals surface area contributed by atoms with E-state index >= 15 is 0 Å². The Morgan fingerprint density at radius 1 is 1.00 bits per heavy atom. The molecule has 2 aliphatic rings. The third kappa shape index (κ3) is 3.02. The standard InChI is InChI=1S/C10H11N5O.C6H4/c11-14-9-12-7-15(10(16)13-9)6-8-4-2-1-3-5-8;1-2-6-4-3-5(1)6/h1-5,7H,6,11H2,(H,13,14,16);1-4H. The number of hydrazine groups is 1. The van der Waals surface area contributed by atoms with Crippen molar-refractivity contribution in [1.82, 2.24) is 14.5 Å². The van der Waals surface area contributed by atoms with Crippen LogP contribution in [0.15, 0.2) is 65.7 Å². The van der Waals surface area contributed by atoms with E-state index in [9.17, 15) is 4.79 Å². The van der Waals surface area contributed by atoms with E-state index in [1.807, 2.05) is 30.3 Å². The van der Waals surface area contributed by atoms with E-state index in [0.717, 1.165) is 5.56 Å². The maximum absolute atomic E-state index is 11.5. The summed E-state index contributed by atoms with van der Waals surface area (Å²) in [6.45, 7) is 0.449. The van der Waals surface area contributed by atoms with E-state index in [0.29, 0.717) is 6.54 Å². The lowest BCUT2D eigenvalue weighted by Crippen LogP contribution is -2.26. The summed E-state index contributed by atoms with van der Waals surface area (Å²) in [5.41, 5.74) is 5.71. The average Bonchev–Trinajstić information content (AvgIpc) is 2.54. The van der Waals surface area contributed by atoms with Gasteiger partial charge in [-0.05, 0) is 16.7 Å². The maximum atomic E-state index is 11.5. The Kier molecular flexibility index (Phi) is 3.93. The molecule has 6 nitrogen and oxygen atoms in total. The van der Waals surface area contributed by atoms with Gasteiger partial charge in [0, 0.05) is 0 Å². The Morgan fingerprint density at radius 2 is 1.64 bits per heavy atom. The average molecular weight is 293 g/mol. The van der Waals surface area contributed by atoms with Gasteiger partial charge in [-0.2, -0.15) is 4.98 Å². The summed E-state index contributed by atoms with van der Waals surface area (Å²) >= 11 is 0. The molecule has 0 fully saturated rings. The minimum atomic E-state index is -0.383. The molecule has 0 radical (unpaired) electrons. The molecule has 0 saturated carbocycles. The zero-order chi connectivity index (χ0) is 15.4. The van der Waals surface area contributed by atoms with Crippen LogP contribution in [-0.2, 0) is 6.54 Å². The van der Waals surface area contributed by atoms with Crippen molar-refractivity contribution < 1.29 is 0 Å². The molecule has 1 aromatic carbocycles. The first-order chi connectivity index (χ1) is 10.8. The Balaban J connectivity index is 0.000000196. The lowest BCUT2D eigenvalue weighted by molar-refractivity contribution is 0.701. The summed E-state index contributed by atoms with van der Waals surface area (Å²) in [5, 5.41) is 0. The fourth-order valence-electron chi connectivity index (χ4n) is 1.98. The molecule has 2 aliphatic carbocycles. The number of nitrogens with zero attached hydrogens (tertiary/aromatic N) is 3. The number of benzene rings is 2. The Bertz CT molecular complexity index is 791. The number of anilines is 1. The highest BCUT2D eigenvalue weighted by atomic mass is 16.1. The fraction of sp³-hybridized carbons (Fsp3) is 0.0625. The first-order valence-corrected chi connectivity index (χ1v) is 6.81. The van der Waals surface area contributed by atoms with Gasteiger partial charge >= 0.3 is 5.69 Å². The number of aromatic nitrogens is 3. The van der Waals surface area contributed by atoms with E-state index in [4.69, 9.17) is 5.84 Å². The van der Waals surface area contributed by atoms with Crippen molar-refractivity contribution in [2.75, 3.05) is 5.43 Å². The van der Waals surface area contributed by atoms with Gasteiger partial charge in [0.25, 0.3) is 0 Å². The van der Waals surface area contributed by atoms with E-state index in [1.165, 1.54) is 22.0 Å². The summed E-state index contributed by atoms with van der Waals surface area (Å²) in [6.07, 6.45) is 1.41. The van der Waals surface area contributed by atoms with Crippen LogP contribution in [0.3, 0.4) is 0 Å². The van der Waals surface area contributed by atoms with Crippen molar-refractivity contribution in [2.45, 2.75) is 6.54 Å². The van der Waals surface area contributed by atoms with Gasteiger partial charge in [0.15, 0.2) is 0 Å². The molecule has 110 valence electrons. The number of rotatable bonds is 3. The maximum Gasteiger partial charge on any atom is 0.352 e. The zero-order valence-electron chi connectivity index (χ0n) is 11.8. The van der Waals surface area contributed by atoms with Gasteiger partial charge in [-0.25, -0.2) is 15.6 Å². The quantitative estimate of drug-likeness (QED) is 0.443. The second kappa shape index (κ2) is 6.19. The van der Waals surface area contributed by atoms with Crippen LogP contribution in [0.5, 0.6) is 0 Å². The summed E-state index contributed by atoms with van der Waals surface area (Å²) < 4.78 is 1.41. The lowest BCUT2D eigenvalue weighted by Gasteiger charge is -2.10. The highest BCUT2D eigenvalue weighted by molar-refractivity contribution is 5.75. The van der Waals surface area contributed by atoms with Crippen LogP contribution in [-0.4, -0.2) is 14.5 Å². The summed E-state index contributed by atoms with van der Waals surface area (Å²) in [7, 11) is 0. The number of nitrogen functional groups attached to an aromatic ring is 1. The van der Waals surface area contributed by atoms with Gasteiger partial charge in [0.05, 0.1) is 6.54 Å². The van der Waals surface area contributed by atoms with Gasteiger partial charge in [-0.15, -0.1) is 0 Å². The van der Waals surface area contributed by atoms with E-state index in [1.54, 1.807) is 0 Å². The van der Waals surface area contributed by atoms with Crippen molar-refractivity contribution in [3.63, 3.8) is 0 Å². The van der Waals surface area contributed by atoms with Crippen molar-refractivity contribution in [1.29, 1.82) is 0 Å². The topological polar surface area (TPSA) is 85.8 Å². The third-order valence-corrected chi connectivity index (χ3v) is 3.31. The van der Waals surface area contributed by atoms with Gasteiger partial charge < -0.3 is 0 Å². The van der Waals surface area contributed by atoms with Crippen molar-refractivity contribution in [2.24, 2.45) is 5.84 Å². The molecule has 2 aromatic rings. The molecule has 0 saturated heterocycles. The van der Waals surface area contributed by atoms with Crippen LogP contribution < -0.4 is 17.0 Å². The van der Waals surface area contributed by atoms with Crippen LogP contribution in [0, 0.1) is 0 Å². The molecule has 3 N–H and O–H groups in total. The van der Waals surface area contributed by atoms with E-state index in [2.05, 4.69) is 39.7 Å². The number of hydrogen-bond donors (Lipinski definition) is 2. The summed E-state index contributed by atoms with van der Waals surface area (Å²) in [5.74, 6) is 5.22. The monoisotopic (exact) mass is 293 g/mol. The van der Waals surface area contributed by atoms with Crippen LogP contribution >= 0.6 is 0 Å². The molecule has 0 unspecified atom stereocenters. The molecule has 0 aliphatic heterocycles. The minimum Gasteiger partial charge on any atom is -0.292 e. The van der Waals surface area contributed by atoms with Crippen LogP contribution in [0.4, 0.5) is 5.95 Å². The van der Waals surface area contributed by atoms with Crippen molar-refractivity contribution in [3.05, 3.63) is 77.0 Å². The van der Waals surface area contributed by atoms with E-state index < -0.39 is 0 Å². The summed E-state index contributed by atoms with van der Waals surface area (Å²) in [6, 6.07) is 18.1. The highest BCUT2D eigenvalue weighted by Gasteiger charge is 2.04. The first-order valence-electron chi connectivity index (χ1n) is 6.81. The van der Waals surface area contributed by atoms with Crippen molar-refractivity contribution in [3.8, 4) is 11.1 Å². The predicted molar refractivity (Wildman–Crippen MR) is 85.1 cm³/mol. The van der Waals surface area contributed by atoms with Gasteiger partial charge in [0.1, 0.15) is 6.33 Å². The predicted octanol–water partition coefficient (Wildman–Crippen LogP) is 1.64. The summed E-state index contributed by atoms with van der Waals surface area (Å²) in [4.78, 5) is 19.0. The lowest BCUT2D eigenvalue weighted by atomic mass is 9.95. The molecular weight excluding hydrogens is 278 g/mol. The first kappa shape index (κ1) is 14.0. The molecule has 22 heavy (non-hydrogen) atoms. The Hall–Kier alpha value is -2.99. The number of fused-ring (bicyclic) bond motifs is 1. The Labute approximate surface area is 127 Å². The molecule has 0 spiro atoms. The number of hydrogen-bond acceptors (Lipinski definition) is 5. The SMILES string of the molecule is NNc1ncn(Cc2ccccc2)c(=O)n1.c1cc2ccc1-2.